The van der Waals surface area contributed by atoms with Gasteiger partial charge in [-0.15, -0.1) is 0 Å². The number of nitrogen functional groups attached to an aromatic ring is 1. The van der Waals surface area contributed by atoms with E-state index in [2.05, 4.69) is 45.0 Å². The lowest BCUT2D eigenvalue weighted by atomic mass is 9.94. The average Bonchev–Trinajstić information content (AvgIpc) is 2.45. The Morgan fingerprint density at radius 1 is 1.19 bits per heavy atom. The highest BCUT2D eigenvalue weighted by atomic mass is 15.3. The van der Waals surface area contributed by atoms with Crippen molar-refractivity contribution in [3.8, 4) is 0 Å². The van der Waals surface area contributed by atoms with E-state index in [0.29, 0.717) is 17.8 Å². The van der Waals surface area contributed by atoms with Crippen LogP contribution in [0.25, 0.3) is 0 Å². The Labute approximate surface area is 124 Å². The topological polar surface area (TPSA) is 71.2 Å². The molecule has 1 aromatic carbocycles. The van der Waals surface area contributed by atoms with Crippen molar-refractivity contribution in [1.29, 1.82) is 0 Å². The first-order valence-electron chi connectivity index (χ1n) is 7.09. The highest BCUT2D eigenvalue weighted by Crippen LogP contribution is 2.33. The minimum atomic E-state index is 0.249. The number of nitrogens with zero attached hydrogens (tertiary/aromatic N) is 5. The van der Waals surface area contributed by atoms with E-state index in [-0.39, 0.29) is 5.95 Å². The molecule has 6 heteroatoms. The number of benzene rings is 1. The number of aromatic nitrogens is 3. The van der Waals surface area contributed by atoms with Gasteiger partial charge in [-0.2, -0.15) is 15.0 Å². The predicted octanol–water partition coefficient (Wildman–Crippen LogP) is 1.85. The lowest BCUT2D eigenvalue weighted by Gasteiger charge is -2.33. The van der Waals surface area contributed by atoms with Crippen LogP contribution in [0.1, 0.15) is 12.5 Å². The first-order valence-corrected chi connectivity index (χ1v) is 7.09. The second-order valence-corrected chi connectivity index (χ2v) is 5.74. The number of fused-ring (bicyclic) bond motifs is 1. The maximum atomic E-state index is 5.84. The van der Waals surface area contributed by atoms with Gasteiger partial charge in [0.15, 0.2) is 0 Å². The van der Waals surface area contributed by atoms with E-state index in [4.69, 9.17) is 5.73 Å². The molecule has 2 aromatic rings. The number of anilines is 4. The molecule has 0 saturated heterocycles. The van der Waals surface area contributed by atoms with E-state index < -0.39 is 0 Å². The maximum Gasteiger partial charge on any atom is 0.236 e. The molecule has 21 heavy (non-hydrogen) atoms. The van der Waals surface area contributed by atoms with Crippen LogP contribution in [0.15, 0.2) is 24.3 Å². The maximum absolute atomic E-state index is 5.84. The van der Waals surface area contributed by atoms with Gasteiger partial charge in [0.2, 0.25) is 17.8 Å². The molecule has 0 fully saturated rings. The lowest BCUT2D eigenvalue weighted by molar-refractivity contribution is 0.557. The molecule has 0 radical (unpaired) electrons. The Morgan fingerprint density at radius 3 is 2.71 bits per heavy atom. The normalized spacial score (nSPS) is 17.5. The Balaban J connectivity index is 2.08. The van der Waals surface area contributed by atoms with Gasteiger partial charge in [0.25, 0.3) is 0 Å². The van der Waals surface area contributed by atoms with E-state index >= 15 is 0 Å². The Hall–Kier alpha value is -2.37. The summed E-state index contributed by atoms with van der Waals surface area (Å²) < 4.78 is 0. The number of rotatable bonds is 2. The summed E-state index contributed by atoms with van der Waals surface area (Å²) in [5.74, 6) is 1.98. The van der Waals surface area contributed by atoms with Crippen molar-refractivity contribution in [3.05, 3.63) is 29.8 Å². The Kier molecular flexibility index (Phi) is 3.37. The minimum absolute atomic E-state index is 0.249. The minimum Gasteiger partial charge on any atom is -0.368 e. The summed E-state index contributed by atoms with van der Waals surface area (Å²) in [7, 11) is 3.79. The van der Waals surface area contributed by atoms with Gasteiger partial charge in [0.05, 0.1) is 0 Å². The molecule has 1 aliphatic heterocycles. The van der Waals surface area contributed by atoms with Crippen molar-refractivity contribution in [2.75, 3.05) is 36.2 Å². The number of hydrogen-bond donors (Lipinski definition) is 1. The smallest absolute Gasteiger partial charge is 0.236 e. The molecule has 0 bridgehead atoms. The lowest BCUT2D eigenvalue weighted by Crippen LogP contribution is -2.32. The van der Waals surface area contributed by atoms with E-state index in [1.54, 1.807) is 0 Å². The largest absolute Gasteiger partial charge is 0.368 e. The standard InChI is InChI=1S/C15H20N6/c1-10-8-11-6-4-5-7-12(11)21(9-10)15-18-13(16)17-14(19-15)20(2)3/h4-7,10H,8-9H2,1-3H3,(H2,16,17,18,19). The fourth-order valence-electron chi connectivity index (χ4n) is 2.68. The molecule has 1 unspecified atom stereocenters. The Bertz CT molecular complexity index is 654. The van der Waals surface area contributed by atoms with E-state index in [1.807, 2.05) is 25.1 Å². The average molecular weight is 284 g/mol. The summed E-state index contributed by atoms with van der Waals surface area (Å²) in [6, 6.07) is 8.38. The molecular formula is C15H20N6. The third-order valence-corrected chi connectivity index (χ3v) is 3.62. The quantitative estimate of drug-likeness (QED) is 0.907. The zero-order valence-electron chi connectivity index (χ0n) is 12.6. The summed E-state index contributed by atoms with van der Waals surface area (Å²) >= 11 is 0. The van der Waals surface area contributed by atoms with Crippen LogP contribution in [0.5, 0.6) is 0 Å². The zero-order chi connectivity index (χ0) is 15.0. The van der Waals surface area contributed by atoms with Crippen LogP contribution < -0.4 is 15.5 Å². The van der Waals surface area contributed by atoms with E-state index in [1.165, 1.54) is 5.56 Å². The third kappa shape index (κ3) is 2.61. The van der Waals surface area contributed by atoms with Crippen molar-refractivity contribution in [1.82, 2.24) is 15.0 Å². The molecule has 0 saturated carbocycles. The van der Waals surface area contributed by atoms with E-state index in [9.17, 15) is 0 Å². The van der Waals surface area contributed by atoms with Gasteiger partial charge in [0.1, 0.15) is 0 Å². The Morgan fingerprint density at radius 2 is 1.95 bits per heavy atom. The fraction of sp³-hybridized carbons (Fsp3) is 0.400. The molecule has 2 N–H and O–H groups in total. The highest BCUT2D eigenvalue weighted by molar-refractivity contribution is 5.64. The van der Waals surface area contributed by atoms with Gasteiger partial charge in [-0.3, -0.25) is 0 Å². The third-order valence-electron chi connectivity index (χ3n) is 3.62. The van der Waals surface area contributed by atoms with Gasteiger partial charge in [-0.05, 0) is 24.0 Å². The van der Waals surface area contributed by atoms with E-state index in [0.717, 1.165) is 18.7 Å². The number of nitrogens with two attached hydrogens (primary N) is 1. The molecule has 6 nitrogen and oxygen atoms in total. The van der Waals surface area contributed by atoms with Crippen LogP contribution in [0.4, 0.5) is 23.5 Å². The molecule has 0 spiro atoms. The first-order chi connectivity index (χ1) is 10.0. The van der Waals surface area contributed by atoms with Crippen molar-refractivity contribution in [2.45, 2.75) is 13.3 Å². The van der Waals surface area contributed by atoms with Crippen molar-refractivity contribution in [3.63, 3.8) is 0 Å². The second kappa shape index (κ2) is 5.20. The van der Waals surface area contributed by atoms with Crippen LogP contribution in [0.2, 0.25) is 0 Å². The predicted molar refractivity (Wildman–Crippen MR) is 84.9 cm³/mol. The van der Waals surface area contributed by atoms with Crippen LogP contribution in [0.3, 0.4) is 0 Å². The van der Waals surface area contributed by atoms with Gasteiger partial charge in [-0.1, -0.05) is 25.1 Å². The van der Waals surface area contributed by atoms with Crippen molar-refractivity contribution < 1.29 is 0 Å². The number of hydrogen-bond acceptors (Lipinski definition) is 6. The van der Waals surface area contributed by atoms with Crippen molar-refractivity contribution >= 4 is 23.5 Å². The SMILES string of the molecule is CC1Cc2ccccc2N(c2nc(N)nc(N(C)C)n2)C1. The summed E-state index contributed by atoms with van der Waals surface area (Å²) in [4.78, 5) is 17.0. The summed E-state index contributed by atoms with van der Waals surface area (Å²) in [6.07, 6.45) is 1.08. The van der Waals surface area contributed by atoms with Crippen molar-refractivity contribution in [2.24, 2.45) is 5.92 Å². The van der Waals surface area contributed by atoms with Gasteiger partial charge >= 0.3 is 0 Å². The summed E-state index contributed by atoms with van der Waals surface area (Å²) in [5, 5.41) is 0. The molecule has 1 aromatic heterocycles. The molecule has 3 rings (SSSR count). The molecule has 2 heterocycles. The molecule has 0 amide bonds. The van der Waals surface area contributed by atoms with Gasteiger partial charge in [0, 0.05) is 26.3 Å². The molecular weight excluding hydrogens is 264 g/mol. The molecule has 1 atom stereocenters. The van der Waals surface area contributed by atoms with Gasteiger partial charge in [-0.25, -0.2) is 0 Å². The first kappa shape index (κ1) is 13.6. The van der Waals surface area contributed by atoms with Crippen LogP contribution in [0, 0.1) is 5.92 Å². The number of para-hydroxylation sites is 1. The molecule has 1 aliphatic rings. The second-order valence-electron chi connectivity index (χ2n) is 5.74. The highest BCUT2D eigenvalue weighted by Gasteiger charge is 2.25. The summed E-state index contributed by atoms with van der Waals surface area (Å²) in [6.45, 7) is 3.12. The van der Waals surface area contributed by atoms with Crippen LogP contribution in [-0.4, -0.2) is 35.6 Å². The molecule has 110 valence electrons. The monoisotopic (exact) mass is 284 g/mol. The van der Waals surface area contributed by atoms with Crippen LogP contribution >= 0.6 is 0 Å². The van der Waals surface area contributed by atoms with Gasteiger partial charge < -0.3 is 15.5 Å². The van der Waals surface area contributed by atoms with Crippen LogP contribution in [-0.2, 0) is 6.42 Å². The summed E-state index contributed by atoms with van der Waals surface area (Å²) in [5.41, 5.74) is 8.32. The fourth-order valence-corrected chi connectivity index (χ4v) is 2.68. The zero-order valence-corrected chi connectivity index (χ0v) is 12.6. The molecule has 0 aliphatic carbocycles.